The highest BCUT2D eigenvalue weighted by Crippen LogP contribution is 2.21. The van der Waals surface area contributed by atoms with Crippen LogP contribution in [0.25, 0.3) is 0 Å². The molecule has 3 nitrogen and oxygen atoms in total. The molecule has 0 aliphatic rings. The van der Waals surface area contributed by atoms with Crippen LogP contribution in [0.3, 0.4) is 0 Å². The van der Waals surface area contributed by atoms with Gasteiger partial charge in [0.15, 0.2) is 0 Å². The number of nitrogens with one attached hydrogen (secondary N) is 1. The predicted molar refractivity (Wildman–Crippen MR) is 84.1 cm³/mol. The van der Waals surface area contributed by atoms with Crippen molar-refractivity contribution in [1.29, 1.82) is 0 Å². The van der Waals surface area contributed by atoms with E-state index in [2.05, 4.69) is 50.4 Å². The molecule has 0 amide bonds. The Morgan fingerprint density at radius 1 is 1.15 bits per heavy atom. The third kappa shape index (κ3) is 5.61. The van der Waals surface area contributed by atoms with Gasteiger partial charge < -0.3 is 14.8 Å². The molecule has 114 valence electrons. The van der Waals surface area contributed by atoms with Crippen molar-refractivity contribution in [3.63, 3.8) is 0 Å². The molecular weight excluding hydrogens is 250 g/mol. The number of hydrogen-bond donors (Lipinski definition) is 1. The van der Waals surface area contributed by atoms with Gasteiger partial charge in [-0.1, -0.05) is 36.8 Å². The van der Waals surface area contributed by atoms with Gasteiger partial charge in [-0.25, -0.2) is 0 Å². The Hall–Kier alpha value is -0.900. The summed E-state index contributed by atoms with van der Waals surface area (Å²) in [5, 5.41) is 3.59. The number of hydrogen-bond acceptors (Lipinski definition) is 3. The fraction of sp³-hybridized carbons (Fsp3) is 0.647. The van der Waals surface area contributed by atoms with Gasteiger partial charge in [-0.3, -0.25) is 0 Å². The van der Waals surface area contributed by atoms with E-state index >= 15 is 0 Å². The highest BCUT2D eigenvalue weighted by molar-refractivity contribution is 5.24. The topological polar surface area (TPSA) is 30.5 Å². The van der Waals surface area contributed by atoms with Crippen molar-refractivity contribution in [2.45, 2.75) is 52.4 Å². The first-order valence-electron chi connectivity index (χ1n) is 7.52. The van der Waals surface area contributed by atoms with Crippen LogP contribution in [0.4, 0.5) is 0 Å². The molecular formula is C17H29NO2. The number of aryl methyl sites for hydroxylation is 1. The van der Waals surface area contributed by atoms with Gasteiger partial charge in [0, 0.05) is 7.11 Å². The summed E-state index contributed by atoms with van der Waals surface area (Å²) < 4.78 is 11.2. The summed E-state index contributed by atoms with van der Waals surface area (Å²) in [5.74, 6) is 0. The molecule has 3 unspecified atom stereocenters. The minimum absolute atomic E-state index is 0.103. The molecule has 0 aliphatic carbocycles. The maximum Gasteiger partial charge on any atom is 0.0784 e. The average molecular weight is 279 g/mol. The molecule has 20 heavy (non-hydrogen) atoms. The molecule has 0 fully saturated rings. The van der Waals surface area contributed by atoms with E-state index in [-0.39, 0.29) is 18.2 Å². The minimum Gasteiger partial charge on any atom is -0.382 e. The Bertz CT molecular complexity index is 364. The Morgan fingerprint density at radius 3 is 2.35 bits per heavy atom. The molecule has 3 atom stereocenters. The minimum atomic E-state index is 0.103. The van der Waals surface area contributed by atoms with E-state index in [1.54, 1.807) is 7.11 Å². The second kappa shape index (κ2) is 9.11. The molecule has 1 aromatic carbocycles. The lowest BCUT2D eigenvalue weighted by Gasteiger charge is -2.28. The van der Waals surface area contributed by atoms with E-state index in [1.807, 2.05) is 6.92 Å². The zero-order valence-electron chi connectivity index (χ0n) is 13.5. The van der Waals surface area contributed by atoms with E-state index in [1.165, 1.54) is 11.1 Å². The fourth-order valence-electron chi connectivity index (χ4n) is 2.35. The molecule has 1 N–H and O–H groups in total. The molecule has 0 saturated heterocycles. The fourth-order valence-corrected chi connectivity index (χ4v) is 2.35. The van der Waals surface area contributed by atoms with E-state index in [0.29, 0.717) is 6.61 Å². The number of rotatable bonds is 9. The van der Waals surface area contributed by atoms with Crippen molar-refractivity contribution < 1.29 is 9.47 Å². The van der Waals surface area contributed by atoms with Crippen molar-refractivity contribution >= 4 is 0 Å². The predicted octanol–water partition coefficient (Wildman–Crippen LogP) is 3.48. The quantitative estimate of drug-likeness (QED) is 0.751. The molecule has 0 aliphatic heterocycles. The SMILES string of the molecule is CCCNC(c1ccc(C)cc1)C(C)OC(C)COC. The number of benzene rings is 1. The van der Waals surface area contributed by atoms with Gasteiger partial charge in [0.25, 0.3) is 0 Å². The lowest BCUT2D eigenvalue weighted by molar-refractivity contribution is -0.0457. The van der Waals surface area contributed by atoms with Crippen molar-refractivity contribution in [3.8, 4) is 0 Å². The van der Waals surface area contributed by atoms with Crippen molar-refractivity contribution in [3.05, 3.63) is 35.4 Å². The number of ether oxygens (including phenoxy) is 2. The highest BCUT2D eigenvalue weighted by atomic mass is 16.5. The van der Waals surface area contributed by atoms with Crippen LogP contribution >= 0.6 is 0 Å². The maximum absolute atomic E-state index is 6.05. The molecule has 0 saturated carbocycles. The van der Waals surface area contributed by atoms with E-state index in [4.69, 9.17) is 9.47 Å². The van der Waals surface area contributed by atoms with Gasteiger partial charge in [-0.15, -0.1) is 0 Å². The first kappa shape index (κ1) is 17.2. The molecule has 0 bridgehead atoms. The van der Waals surface area contributed by atoms with Gasteiger partial charge in [0.05, 0.1) is 24.9 Å². The average Bonchev–Trinajstić information content (AvgIpc) is 2.41. The van der Waals surface area contributed by atoms with Crippen LogP contribution in [0.2, 0.25) is 0 Å². The summed E-state index contributed by atoms with van der Waals surface area (Å²) in [5.41, 5.74) is 2.56. The third-order valence-electron chi connectivity index (χ3n) is 3.37. The van der Waals surface area contributed by atoms with Crippen molar-refractivity contribution in [2.75, 3.05) is 20.3 Å². The summed E-state index contributed by atoms with van der Waals surface area (Å²) in [4.78, 5) is 0. The Kier molecular flexibility index (Phi) is 7.82. The van der Waals surface area contributed by atoms with Gasteiger partial charge in [-0.05, 0) is 39.3 Å². The van der Waals surface area contributed by atoms with E-state index < -0.39 is 0 Å². The van der Waals surface area contributed by atoms with Crippen LogP contribution in [0.5, 0.6) is 0 Å². The smallest absolute Gasteiger partial charge is 0.0784 e. The van der Waals surface area contributed by atoms with Gasteiger partial charge in [-0.2, -0.15) is 0 Å². The molecule has 3 heteroatoms. The zero-order chi connectivity index (χ0) is 15.0. The van der Waals surface area contributed by atoms with Crippen molar-refractivity contribution in [2.24, 2.45) is 0 Å². The first-order valence-corrected chi connectivity index (χ1v) is 7.52. The van der Waals surface area contributed by atoms with E-state index in [0.717, 1.165) is 13.0 Å². The van der Waals surface area contributed by atoms with Crippen molar-refractivity contribution in [1.82, 2.24) is 5.32 Å². The second-order valence-corrected chi connectivity index (χ2v) is 5.45. The van der Waals surface area contributed by atoms with Crippen LogP contribution in [0.1, 0.15) is 44.4 Å². The van der Waals surface area contributed by atoms with Gasteiger partial charge >= 0.3 is 0 Å². The van der Waals surface area contributed by atoms with Crippen LogP contribution in [0.15, 0.2) is 24.3 Å². The lowest BCUT2D eigenvalue weighted by atomic mass is 10.0. The molecule has 1 rings (SSSR count). The van der Waals surface area contributed by atoms with Gasteiger partial charge in [0.1, 0.15) is 0 Å². The number of methoxy groups -OCH3 is 1. The largest absolute Gasteiger partial charge is 0.382 e. The monoisotopic (exact) mass is 279 g/mol. The summed E-state index contributed by atoms with van der Waals surface area (Å²) in [6.45, 7) is 10.1. The van der Waals surface area contributed by atoms with Crippen LogP contribution in [-0.2, 0) is 9.47 Å². The molecule has 0 radical (unpaired) electrons. The summed E-state index contributed by atoms with van der Waals surface area (Å²) in [7, 11) is 1.71. The molecule has 0 heterocycles. The van der Waals surface area contributed by atoms with Crippen LogP contribution < -0.4 is 5.32 Å². The second-order valence-electron chi connectivity index (χ2n) is 5.45. The highest BCUT2D eigenvalue weighted by Gasteiger charge is 2.21. The summed E-state index contributed by atoms with van der Waals surface area (Å²) in [6, 6.07) is 8.89. The Morgan fingerprint density at radius 2 is 1.80 bits per heavy atom. The summed E-state index contributed by atoms with van der Waals surface area (Å²) in [6.07, 6.45) is 1.32. The zero-order valence-corrected chi connectivity index (χ0v) is 13.5. The first-order chi connectivity index (χ1) is 9.58. The molecule has 1 aromatic rings. The molecule has 0 spiro atoms. The maximum atomic E-state index is 6.05. The van der Waals surface area contributed by atoms with Crippen LogP contribution in [-0.4, -0.2) is 32.5 Å². The third-order valence-corrected chi connectivity index (χ3v) is 3.37. The normalized spacial score (nSPS) is 15.8. The van der Waals surface area contributed by atoms with Crippen LogP contribution in [0, 0.1) is 6.92 Å². The molecule has 0 aromatic heterocycles. The van der Waals surface area contributed by atoms with Gasteiger partial charge in [0.2, 0.25) is 0 Å². The summed E-state index contributed by atoms with van der Waals surface area (Å²) >= 11 is 0. The van der Waals surface area contributed by atoms with E-state index in [9.17, 15) is 0 Å². The Labute approximate surface area is 123 Å². The standard InChI is InChI=1S/C17H29NO2/c1-6-11-18-17(15(4)20-14(3)12-19-5)16-9-7-13(2)8-10-16/h7-10,14-15,17-18H,6,11-12H2,1-5H3. The lowest BCUT2D eigenvalue weighted by Crippen LogP contribution is -2.35. The Balaban J connectivity index is 2.74.